The van der Waals surface area contributed by atoms with E-state index in [0.717, 1.165) is 64.4 Å². The number of anilines is 1. The topological polar surface area (TPSA) is 62.8 Å². The molecule has 0 aliphatic carbocycles. The maximum absolute atomic E-state index is 12.1. The number of hydrogen-bond acceptors (Lipinski definition) is 4. The molecule has 2 aliphatic rings. The van der Waals surface area contributed by atoms with Crippen LogP contribution in [-0.2, 0) is 15.9 Å². The zero-order chi connectivity index (χ0) is 17.5. The highest BCUT2D eigenvalue weighted by atomic mass is 16.5. The quantitative estimate of drug-likeness (QED) is 0.828. The smallest absolute Gasteiger partial charge is 0.319 e. The molecule has 2 saturated heterocycles. The molecule has 1 aromatic carbocycles. The second kappa shape index (κ2) is 9.17. The van der Waals surface area contributed by atoms with Gasteiger partial charge in [0, 0.05) is 31.9 Å². The SMILES string of the molecule is C[C@H](NC(=O)Nc1ccc(CCN2CCOCC2)cc1)[C@@H]1CCCO1. The van der Waals surface area contributed by atoms with Crippen LogP contribution >= 0.6 is 0 Å². The normalized spacial score (nSPS) is 22.5. The van der Waals surface area contributed by atoms with Crippen molar-refractivity contribution < 1.29 is 14.3 Å². The average Bonchev–Trinajstić information content (AvgIpc) is 3.17. The third-order valence-corrected chi connectivity index (χ3v) is 4.91. The molecule has 2 N–H and O–H groups in total. The number of ether oxygens (including phenoxy) is 2. The van der Waals surface area contributed by atoms with Crippen LogP contribution in [0, 0.1) is 0 Å². The number of nitrogens with one attached hydrogen (secondary N) is 2. The van der Waals surface area contributed by atoms with Crippen LogP contribution in [-0.4, -0.2) is 62.5 Å². The van der Waals surface area contributed by atoms with Crippen molar-refractivity contribution in [3.63, 3.8) is 0 Å². The number of hydrogen-bond donors (Lipinski definition) is 2. The lowest BCUT2D eigenvalue weighted by Crippen LogP contribution is -2.42. The molecule has 3 rings (SSSR count). The molecular weight excluding hydrogens is 318 g/mol. The summed E-state index contributed by atoms with van der Waals surface area (Å²) in [6, 6.07) is 7.94. The number of urea groups is 1. The number of nitrogens with zero attached hydrogens (tertiary/aromatic N) is 1. The predicted octanol–water partition coefficient (Wildman–Crippen LogP) is 2.25. The molecule has 138 valence electrons. The third kappa shape index (κ3) is 5.70. The van der Waals surface area contributed by atoms with Gasteiger partial charge in [0.25, 0.3) is 0 Å². The highest BCUT2D eigenvalue weighted by Gasteiger charge is 2.23. The van der Waals surface area contributed by atoms with Crippen molar-refractivity contribution in [2.24, 2.45) is 0 Å². The van der Waals surface area contributed by atoms with E-state index in [1.807, 2.05) is 19.1 Å². The predicted molar refractivity (Wildman–Crippen MR) is 98.0 cm³/mol. The van der Waals surface area contributed by atoms with E-state index in [2.05, 4.69) is 27.7 Å². The Balaban J connectivity index is 1.41. The van der Waals surface area contributed by atoms with Gasteiger partial charge >= 0.3 is 6.03 Å². The molecule has 25 heavy (non-hydrogen) atoms. The Bertz CT molecular complexity index is 537. The summed E-state index contributed by atoms with van der Waals surface area (Å²) in [6.45, 7) is 7.54. The van der Waals surface area contributed by atoms with Crippen molar-refractivity contribution in [1.82, 2.24) is 10.2 Å². The van der Waals surface area contributed by atoms with Crippen molar-refractivity contribution >= 4 is 11.7 Å². The van der Waals surface area contributed by atoms with Crippen molar-refractivity contribution in [2.45, 2.75) is 38.3 Å². The van der Waals surface area contributed by atoms with Gasteiger partial charge in [-0.25, -0.2) is 4.79 Å². The largest absolute Gasteiger partial charge is 0.379 e. The molecule has 0 spiro atoms. The van der Waals surface area contributed by atoms with E-state index >= 15 is 0 Å². The maximum Gasteiger partial charge on any atom is 0.319 e. The van der Waals surface area contributed by atoms with Crippen LogP contribution in [0.5, 0.6) is 0 Å². The van der Waals surface area contributed by atoms with Gasteiger partial charge in [-0.3, -0.25) is 4.90 Å². The van der Waals surface area contributed by atoms with Crippen LogP contribution in [0.4, 0.5) is 10.5 Å². The van der Waals surface area contributed by atoms with Gasteiger partial charge in [0.2, 0.25) is 0 Å². The van der Waals surface area contributed by atoms with Crippen LogP contribution in [0.15, 0.2) is 24.3 Å². The van der Waals surface area contributed by atoms with Crippen LogP contribution < -0.4 is 10.6 Å². The van der Waals surface area contributed by atoms with Crippen molar-refractivity contribution in [1.29, 1.82) is 0 Å². The number of benzene rings is 1. The number of amides is 2. The molecule has 2 aliphatic heterocycles. The van der Waals surface area contributed by atoms with Crippen molar-refractivity contribution in [2.75, 3.05) is 44.8 Å². The first kappa shape index (κ1) is 18.2. The Morgan fingerprint density at radius 1 is 1.24 bits per heavy atom. The van der Waals surface area contributed by atoms with Gasteiger partial charge < -0.3 is 20.1 Å². The molecule has 6 heteroatoms. The summed E-state index contributed by atoms with van der Waals surface area (Å²) in [7, 11) is 0. The lowest BCUT2D eigenvalue weighted by atomic mass is 10.1. The third-order valence-electron chi connectivity index (χ3n) is 4.91. The highest BCUT2D eigenvalue weighted by Crippen LogP contribution is 2.16. The van der Waals surface area contributed by atoms with Crippen molar-refractivity contribution in [3.05, 3.63) is 29.8 Å². The van der Waals surface area contributed by atoms with Gasteiger partial charge in [-0.15, -0.1) is 0 Å². The first-order valence-corrected chi connectivity index (χ1v) is 9.29. The molecule has 0 bridgehead atoms. The Hall–Kier alpha value is -1.63. The van der Waals surface area contributed by atoms with Crippen LogP contribution in [0.25, 0.3) is 0 Å². The van der Waals surface area contributed by atoms with E-state index in [1.54, 1.807) is 0 Å². The summed E-state index contributed by atoms with van der Waals surface area (Å²) in [5, 5.41) is 5.86. The van der Waals surface area contributed by atoms with E-state index in [-0.39, 0.29) is 18.2 Å². The van der Waals surface area contributed by atoms with E-state index in [1.165, 1.54) is 5.56 Å². The highest BCUT2D eigenvalue weighted by molar-refractivity contribution is 5.89. The Labute approximate surface area is 149 Å². The van der Waals surface area contributed by atoms with E-state index in [4.69, 9.17) is 9.47 Å². The number of morpholine rings is 1. The second-order valence-corrected chi connectivity index (χ2v) is 6.84. The first-order chi connectivity index (χ1) is 12.2. The van der Waals surface area contributed by atoms with Gasteiger partial charge in [-0.05, 0) is 43.9 Å². The minimum Gasteiger partial charge on any atom is -0.379 e. The fourth-order valence-corrected chi connectivity index (χ4v) is 3.33. The van der Waals surface area contributed by atoms with Crippen LogP contribution in [0.1, 0.15) is 25.3 Å². The minimum absolute atomic E-state index is 0.0234. The molecule has 2 fully saturated rings. The van der Waals surface area contributed by atoms with Gasteiger partial charge in [0.05, 0.1) is 25.4 Å². The molecule has 6 nitrogen and oxygen atoms in total. The maximum atomic E-state index is 12.1. The van der Waals surface area contributed by atoms with Gasteiger partial charge in [0.1, 0.15) is 0 Å². The first-order valence-electron chi connectivity index (χ1n) is 9.29. The molecular formula is C19H29N3O3. The van der Waals surface area contributed by atoms with E-state index in [0.29, 0.717) is 0 Å². The summed E-state index contributed by atoms with van der Waals surface area (Å²) in [5.41, 5.74) is 2.09. The molecule has 1 aromatic rings. The molecule has 0 radical (unpaired) electrons. The second-order valence-electron chi connectivity index (χ2n) is 6.84. The fourth-order valence-electron chi connectivity index (χ4n) is 3.33. The van der Waals surface area contributed by atoms with E-state index < -0.39 is 0 Å². The summed E-state index contributed by atoms with van der Waals surface area (Å²) >= 11 is 0. The molecule has 0 saturated carbocycles. The summed E-state index contributed by atoms with van der Waals surface area (Å²) in [6.07, 6.45) is 3.24. The lowest BCUT2D eigenvalue weighted by Gasteiger charge is -2.26. The monoisotopic (exact) mass is 347 g/mol. The Kier molecular flexibility index (Phi) is 6.67. The zero-order valence-corrected chi connectivity index (χ0v) is 15.0. The zero-order valence-electron chi connectivity index (χ0n) is 15.0. The van der Waals surface area contributed by atoms with E-state index in [9.17, 15) is 4.79 Å². The number of carbonyl (C=O) groups is 1. The fraction of sp³-hybridized carbons (Fsp3) is 0.632. The van der Waals surface area contributed by atoms with Gasteiger partial charge in [-0.2, -0.15) is 0 Å². The number of carbonyl (C=O) groups excluding carboxylic acids is 1. The van der Waals surface area contributed by atoms with Crippen LogP contribution in [0.2, 0.25) is 0 Å². The standard InChI is InChI=1S/C19H29N3O3/c1-15(18-3-2-12-25-18)20-19(23)21-17-6-4-16(5-7-17)8-9-22-10-13-24-14-11-22/h4-7,15,18H,2-3,8-14H2,1H3,(H2,20,21,23)/t15-,18-/m0/s1. The summed E-state index contributed by atoms with van der Waals surface area (Å²) in [4.78, 5) is 14.5. The lowest BCUT2D eigenvalue weighted by molar-refractivity contribution is 0.0384. The Morgan fingerprint density at radius 2 is 2.00 bits per heavy atom. The number of rotatable bonds is 6. The molecule has 2 amide bonds. The molecule has 2 atom stereocenters. The average molecular weight is 347 g/mol. The summed E-state index contributed by atoms with van der Waals surface area (Å²) in [5.74, 6) is 0. The van der Waals surface area contributed by atoms with Crippen molar-refractivity contribution in [3.8, 4) is 0 Å². The van der Waals surface area contributed by atoms with Crippen LogP contribution in [0.3, 0.4) is 0 Å². The summed E-state index contributed by atoms with van der Waals surface area (Å²) < 4.78 is 11.0. The minimum atomic E-state index is -0.177. The van der Waals surface area contributed by atoms with Gasteiger partial charge in [-0.1, -0.05) is 12.1 Å². The molecule has 0 unspecified atom stereocenters. The molecule has 2 heterocycles. The molecule has 0 aromatic heterocycles. The Morgan fingerprint density at radius 3 is 2.68 bits per heavy atom. The van der Waals surface area contributed by atoms with Gasteiger partial charge in [0.15, 0.2) is 0 Å².